The predicted molar refractivity (Wildman–Crippen MR) is 66.1 cm³/mol. The predicted octanol–water partition coefficient (Wildman–Crippen LogP) is 2.60. The number of nitrogens with one attached hydrogen (secondary N) is 1. The molecule has 2 atom stereocenters. The maximum Gasteiger partial charge on any atom is 0.160 e. The third kappa shape index (κ3) is 1.89. The molecule has 16 heavy (non-hydrogen) atoms. The molecule has 0 aromatic carbocycles. The fraction of sp³-hybridized carbons (Fsp3) is 0.692. The molecule has 0 amide bonds. The minimum Gasteiger partial charge on any atom is -0.369 e. The second-order valence-electron chi connectivity index (χ2n) is 3.94. The number of hydrogen-bond acceptors (Lipinski definition) is 3. The van der Waals surface area contributed by atoms with E-state index in [4.69, 9.17) is 9.47 Å². The fourth-order valence-electron chi connectivity index (χ4n) is 2.46. The monoisotopic (exact) mass is 225 g/mol. The molecule has 0 aliphatic carbocycles. The van der Waals surface area contributed by atoms with Crippen LogP contribution in [-0.4, -0.2) is 26.0 Å². The Kier molecular flexibility index (Phi) is 4.56. The molecule has 3 nitrogen and oxygen atoms in total. The summed E-state index contributed by atoms with van der Waals surface area (Å²) in [6, 6.07) is 0. The zero-order valence-electron chi connectivity index (χ0n) is 11.0. The first-order valence-corrected chi connectivity index (χ1v) is 5.91. The van der Waals surface area contributed by atoms with E-state index in [1.165, 1.54) is 5.57 Å². The zero-order valence-corrected chi connectivity index (χ0v) is 11.0. The van der Waals surface area contributed by atoms with Gasteiger partial charge in [-0.15, -0.1) is 0 Å². The van der Waals surface area contributed by atoms with Gasteiger partial charge in [-0.25, -0.2) is 0 Å². The van der Waals surface area contributed by atoms with Crippen LogP contribution in [0.15, 0.2) is 23.4 Å². The molecule has 1 fully saturated rings. The van der Waals surface area contributed by atoms with Crippen LogP contribution in [0.4, 0.5) is 0 Å². The Bertz CT molecular complexity index is 290. The van der Waals surface area contributed by atoms with Gasteiger partial charge < -0.3 is 14.8 Å². The van der Waals surface area contributed by atoms with E-state index in [0.717, 1.165) is 18.5 Å². The first kappa shape index (κ1) is 13.3. The third-order valence-electron chi connectivity index (χ3n) is 3.28. The van der Waals surface area contributed by atoms with Crippen LogP contribution in [0.1, 0.15) is 33.6 Å². The van der Waals surface area contributed by atoms with E-state index in [1.807, 2.05) is 6.92 Å². The molecule has 0 radical (unpaired) electrons. The highest BCUT2D eigenvalue weighted by molar-refractivity contribution is 5.43. The van der Waals surface area contributed by atoms with Crippen LogP contribution >= 0.6 is 0 Å². The highest BCUT2D eigenvalue weighted by Crippen LogP contribution is 2.39. The van der Waals surface area contributed by atoms with Crippen LogP contribution in [0.25, 0.3) is 0 Å². The molecule has 1 N–H and O–H groups in total. The van der Waals surface area contributed by atoms with E-state index in [1.54, 1.807) is 14.2 Å². The van der Waals surface area contributed by atoms with Crippen molar-refractivity contribution in [3.63, 3.8) is 0 Å². The molecule has 1 aliphatic heterocycles. The molecule has 0 spiro atoms. The molecule has 1 rings (SSSR count). The van der Waals surface area contributed by atoms with Gasteiger partial charge in [0.25, 0.3) is 0 Å². The number of rotatable bonds is 4. The van der Waals surface area contributed by atoms with Crippen molar-refractivity contribution >= 4 is 0 Å². The summed E-state index contributed by atoms with van der Waals surface area (Å²) in [6.07, 6.45) is 6.07. The highest BCUT2D eigenvalue weighted by Gasteiger charge is 2.48. The largest absolute Gasteiger partial charge is 0.369 e. The summed E-state index contributed by atoms with van der Waals surface area (Å²) >= 11 is 0. The first-order valence-electron chi connectivity index (χ1n) is 5.91. The van der Waals surface area contributed by atoms with Crippen LogP contribution in [0, 0.1) is 0 Å². The molecule has 0 aromatic heterocycles. The van der Waals surface area contributed by atoms with Crippen molar-refractivity contribution in [3.05, 3.63) is 23.4 Å². The fourth-order valence-corrected chi connectivity index (χ4v) is 2.46. The SMILES string of the molecule is C/C=C1\C(=C/CC)N[C@H](OC)[C@]1(CC)OC. The van der Waals surface area contributed by atoms with Gasteiger partial charge in [-0.2, -0.15) is 0 Å². The van der Waals surface area contributed by atoms with Crippen LogP contribution in [0.5, 0.6) is 0 Å². The van der Waals surface area contributed by atoms with Crippen LogP contribution in [0.3, 0.4) is 0 Å². The Hall–Kier alpha value is -0.800. The van der Waals surface area contributed by atoms with E-state index < -0.39 is 0 Å². The summed E-state index contributed by atoms with van der Waals surface area (Å²) in [5, 5.41) is 3.38. The molecule has 3 heteroatoms. The summed E-state index contributed by atoms with van der Waals surface area (Å²) in [6.45, 7) is 6.29. The van der Waals surface area contributed by atoms with Gasteiger partial charge in [-0.1, -0.05) is 26.0 Å². The molecule has 1 saturated heterocycles. The number of hydrogen-bond donors (Lipinski definition) is 1. The van der Waals surface area contributed by atoms with Gasteiger partial charge in [0.15, 0.2) is 6.23 Å². The van der Waals surface area contributed by atoms with Crippen molar-refractivity contribution in [2.75, 3.05) is 14.2 Å². The van der Waals surface area contributed by atoms with E-state index >= 15 is 0 Å². The molecule has 0 unspecified atom stereocenters. The number of ether oxygens (including phenoxy) is 2. The van der Waals surface area contributed by atoms with Crippen molar-refractivity contribution in [1.29, 1.82) is 0 Å². The molecule has 0 saturated carbocycles. The quantitative estimate of drug-likeness (QED) is 0.797. The summed E-state index contributed by atoms with van der Waals surface area (Å²) in [7, 11) is 3.46. The lowest BCUT2D eigenvalue weighted by Gasteiger charge is -2.32. The smallest absolute Gasteiger partial charge is 0.160 e. The van der Waals surface area contributed by atoms with Crippen molar-refractivity contribution in [2.45, 2.75) is 45.4 Å². The third-order valence-corrected chi connectivity index (χ3v) is 3.28. The zero-order chi connectivity index (χ0) is 12.2. The van der Waals surface area contributed by atoms with Gasteiger partial charge in [-0.05, 0) is 19.8 Å². The van der Waals surface area contributed by atoms with Gasteiger partial charge in [0.1, 0.15) is 5.60 Å². The van der Waals surface area contributed by atoms with Gasteiger partial charge in [0.2, 0.25) is 0 Å². The number of allylic oxidation sites excluding steroid dienone is 2. The van der Waals surface area contributed by atoms with Crippen molar-refractivity contribution in [2.24, 2.45) is 0 Å². The minimum atomic E-state index is -0.357. The first-order chi connectivity index (χ1) is 7.69. The van der Waals surface area contributed by atoms with E-state index in [9.17, 15) is 0 Å². The van der Waals surface area contributed by atoms with Crippen LogP contribution in [-0.2, 0) is 9.47 Å². The second kappa shape index (κ2) is 5.51. The second-order valence-corrected chi connectivity index (χ2v) is 3.94. The van der Waals surface area contributed by atoms with E-state index in [0.29, 0.717) is 0 Å². The lowest BCUT2D eigenvalue weighted by molar-refractivity contribution is -0.0888. The van der Waals surface area contributed by atoms with Crippen LogP contribution in [0.2, 0.25) is 0 Å². The van der Waals surface area contributed by atoms with E-state index in [-0.39, 0.29) is 11.8 Å². The van der Waals surface area contributed by atoms with Crippen LogP contribution < -0.4 is 5.32 Å². The van der Waals surface area contributed by atoms with Crippen molar-refractivity contribution in [1.82, 2.24) is 5.32 Å². The maximum absolute atomic E-state index is 5.73. The van der Waals surface area contributed by atoms with Gasteiger partial charge in [0.05, 0.1) is 0 Å². The summed E-state index contributed by atoms with van der Waals surface area (Å²) in [4.78, 5) is 0. The average Bonchev–Trinajstić information content (AvgIpc) is 2.62. The molecular weight excluding hydrogens is 202 g/mol. The molecule has 92 valence electrons. The molecule has 1 aliphatic rings. The average molecular weight is 225 g/mol. The minimum absolute atomic E-state index is 0.105. The molecule has 1 heterocycles. The lowest BCUT2D eigenvalue weighted by Crippen LogP contribution is -2.45. The molecule has 0 aromatic rings. The van der Waals surface area contributed by atoms with Gasteiger partial charge >= 0.3 is 0 Å². The van der Waals surface area contributed by atoms with Crippen molar-refractivity contribution in [3.8, 4) is 0 Å². The lowest BCUT2D eigenvalue weighted by atomic mass is 9.90. The number of methoxy groups -OCH3 is 2. The summed E-state index contributed by atoms with van der Waals surface area (Å²) in [5.74, 6) is 0. The Morgan fingerprint density at radius 3 is 2.44 bits per heavy atom. The Balaban J connectivity index is 3.18. The normalized spacial score (nSPS) is 34.7. The Morgan fingerprint density at radius 2 is 2.06 bits per heavy atom. The Morgan fingerprint density at radius 1 is 1.38 bits per heavy atom. The van der Waals surface area contributed by atoms with Gasteiger partial charge in [-0.3, -0.25) is 0 Å². The topological polar surface area (TPSA) is 30.5 Å². The highest BCUT2D eigenvalue weighted by atomic mass is 16.5. The van der Waals surface area contributed by atoms with E-state index in [2.05, 4.69) is 31.3 Å². The molecular formula is C13H23NO2. The standard InChI is InChI=1S/C13H23NO2/c1-6-9-11-10(7-2)13(8-3,16-5)12(14-11)15-4/h7,9,12,14H,6,8H2,1-5H3/b10-7+,11-9+/t12-,13-/m1/s1. The Labute approximate surface area is 98.5 Å². The van der Waals surface area contributed by atoms with Gasteiger partial charge in [0, 0.05) is 25.5 Å². The maximum atomic E-state index is 5.73. The molecule has 0 bridgehead atoms. The summed E-state index contributed by atoms with van der Waals surface area (Å²) < 4.78 is 11.2. The summed E-state index contributed by atoms with van der Waals surface area (Å²) in [5.41, 5.74) is 1.98. The van der Waals surface area contributed by atoms with Crippen molar-refractivity contribution < 1.29 is 9.47 Å².